The molecule has 1 rings (SSSR count). The molecule has 0 saturated carbocycles. The maximum absolute atomic E-state index is 11.5. The summed E-state index contributed by atoms with van der Waals surface area (Å²) in [6.45, 7) is 1.38. The lowest BCUT2D eigenvalue weighted by Gasteiger charge is -2.11. The van der Waals surface area contributed by atoms with Crippen LogP contribution in [0.3, 0.4) is 0 Å². The summed E-state index contributed by atoms with van der Waals surface area (Å²) in [7, 11) is 0. The first-order chi connectivity index (χ1) is 8.52. The molecular formula is C13H17NO4. The van der Waals surface area contributed by atoms with Gasteiger partial charge in [-0.05, 0) is 18.9 Å². The third-order valence-electron chi connectivity index (χ3n) is 2.58. The summed E-state index contributed by atoms with van der Waals surface area (Å²) in [5, 5.41) is 19.7. The van der Waals surface area contributed by atoms with Crippen LogP contribution in [0.5, 0.6) is 0 Å². The Labute approximate surface area is 105 Å². The zero-order valence-electron chi connectivity index (χ0n) is 10.2. The molecule has 0 fully saturated rings. The maximum atomic E-state index is 11.5. The highest BCUT2D eigenvalue weighted by molar-refractivity contribution is 5.83. The quantitative estimate of drug-likeness (QED) is 0.686. The molecule has 0 bridgehead atoms. The molecule has 0 aliphatic rings. The predicted molar refractivity (Wildman–Crippen MR) is 66.2 cm³/mol. The van der Waals surface area contributed by atoms with Gasteiger partial charge in [0.25, 0.3) is 0 Å². The highest BCUT2D eigenvalue weighted by atomic mass is 16.4. The van der Waals surface area contributed by atoms with E-state index >= 15 is 0 Å². The molecule has 5 heteroatoms. The van der Waals surface area contributed by atoms with Crippen LogP contribution in [-0.2, 0) is 16.0 Å². The number of carboxylic acids is 1. The van der Waals surface area contributed by atoms with E-state index in [0.29, 0.717) is 6.42 Å². The van der Waals surface area contributed by atoms with E-state index < -0.39 is 18.6 Å². The van der Waals surface area contributed by atoms with E-state index in [1.807, 2.05) is 31.2 Å². The summed E-state index contributed by atoms with van der Waals surface area (Å²) in [6.07, 6.45) is 0.747. The Hall–Kier alpha value is -1.88. The van der Waals surface area contributed by atoms with Crippen molar-refractivity contribution in [2.45, 2.75) is 25.8 Å². The van der Waals surface area contributed by atoms with Gasteiger partial charge in [0.05, 0.1) is 6.61 Å². The van der Waals surface area contributed by atoms with Crippen molar-refractivity contribution in [3.8, 4) is 0 Å². The topological polar surface area (TPSA) is 86.6 Å². The molecule has 0 unspecified atom stereocenters. The molecule has 0 aliphatic heterocycles. The van der Waals surface area contributed by atoms with Crippen molar-refractivity contribution in [1.82, 2.24) is 5.32 Å². The van der Waals surface area contributed by atoms with Crippen LogP contribution in [0.4, 0.5) is 0 Å². The highest BCUT2D eigenvalue weighted by Gasteiger charge is 2.18. The standard InChI is InChI=1S/C13H17NO4/c1-9-2-4-10(5-3-9)6-7-12(16)14-11(8-15)13(17)18/h2-5,11,15H,6-8H2,1H3,(H,14,16)(H,17,18)/t11-/m0/s1. The fraction of sp³-hybridized carbons (Fsp3) is 0.385. The second kappa shape index (κ2) is 6.76. The van der Waals surface area contributed by atoms with Crippen LogP contribution < -0.4 is 5.32 Å². The van der Waals surface area contributed by atoms with Crippen molar-refractivity contribution in [3.05, 3.63) is 35.4 Å². The first-order valence-electron chi connectivity index (χ1n) is 5.71. The number of benzene rings is 1. The Morgan fingerprint density at radius 3 is 2.39 bits per heavy atom. The van der Waals surface area contributed by atoms with Gasteiger partial charge in [0.2, 0.25) is 5.91 Å². The van der Waals surface area contributed by atoms with Crippen molar-refractivity contribution < 1.29 is 19.8 Å². The maximum Gasteiger partial charge on any atom is 0.328 e. The van der Waals surface area contributed by atoms with E-state index in [4.69, 9.17) is 10.2 Å². The number of carbonyl (C=O) groups excluding carboxylic acids is 1. The fourth-order valence-electron chi connectivity index (χ4n) is 1.46. The lowest BCUT2D eigenvalue weighted by atomic mass is 10.1. The Morgan fingerprint density at radius 1 is 1.28 bits per heavy atom. The average molecular weight is 251 g/mol. The summed E-state index contributed by atoms with van der Waals surface area (Å²) in [5.74, 6) is -1.61. The molecule has 1 aromatic rings. The predicted octanol–water partition coefficient (Wildman–Crippen LogP) is 0.489. The first-order valence-corrected chi connectivity index (χ1v) is 5.71. The third-order valence-corrected chi connectivity index (χ3v) is 2.58. The minimum atomic E-state index is -1.24. The molecule has 0 saturated heterocycles. The second-order valence-electron chi connectivity index (χ2n) is 4.13. The van der Waals surface area contributed by atoms with E-state index in [-0.39, 0.29) is 12.3 Å². The number of nitrogens with one attached hydrogen (secondary N) is 1. The minimum Gasteiger partial charge on any atom is -0.480 e. The molecule has 1 aromatic carbocycles. The number of carbonyl (C=O) groups is 2. The number of amides is 1. The number of aliphatic hydroxyl groups excluding tert-OH is 1. The van der Waals surface area contributed by atoms with Crippen LogP contribution in [0.1, 0.15) is 17.5 Å². The van der Waals surface area contributed by atoms with Crippen LogP contribution in [-0.4, -0.2) is 34.7 Å². The number of carboxylic acid groups (broad SMARTS) is 1. The van der Waals surface area contributed by atoms with E-state index in [9.17, 15) is 9.59 Å². The summed E-state index contributed by atoms with van der Waals surface area (Å²) in [6, 6.07) is 6.56. The van der Waals surface area contributed by atoms with Gasteiger partial charge in [-0.1, -0.05) is 29.8 Å². The van der Waals surface area contributed by atoms with Gasteiger partial charge < -0.3 is 15.5 Å². The van der Waals surface area contributed by atoms with Crippen molar-refractivity contribution in [2.24, 2.45) is 0 Å². The van der Waals surface area contributed by atoms with Gasteiger partial charge >= 0.3 is 5.97 Å². The Balaban J connectivity index is 2.41. The number of aliphatic hydroxyl groups is 1. The lowest BCUT2D eigenvalue weighted by molar-refractivity contribution is -0.142. The van der Waals surface area contributed by atoms with Crippen molar-refractivity contribution >= 4 is 11.9 Å². The van der Waals surface area contributed by atoms with E-state index in [1.165, 1.54) is 0 Å². The molecule has 1 amide bonds. The molecule has 0 heterocycles. The molecule has 0 aliphatic carbocycles. The van der Waals surface area contributed by atoms with Crippen molar-refractivity contribution in [1.29, 1.82) is 0 Å². The summed E-state index contributed by atoms with van der Waals surface area (Å²) >= 11 is 0. The molecule has 0 aromatic heterocycles. The average Bonchev–Trinajstić information content (AvgIpc) is 2.35. The van der Waals surface area contributed by atoms with Crippen LogP contribution in [0.25, 0.3) is 0 Å². The lowest BCUT2D eigenvalue weighted by Crippen LogP contribution is -2.43. The van der Waals surface area contributed by atoms with Gasteiger partial charge in [-0.2, -0.15) is 0 Å². The summed E-state index contributed by atoms with van der Waals surface area (Å²) < 4.78 is 0. The van der Waals surface area contributed by atoms with Gasteiger partial charge in [0, 0.05) is 6.42 Å². The smallest absolute Gasteiger partial charge is 0.328 e. The van der Waals surface area contributed by atoms with Crippen molar-refractivity contribution in [3.63, 3.8) is 0 Å². The van der Waals surface area contributed by atoms with Crippen LogP contribution in [0, 0.1) is 6.92 Å². The number of hydrogen-bond donors (Lipinski definition) is 3. The molecule has 18 heavy (non-hydrogen) atoms. The Bertz CT molecular complexity index is 414. The summed E-state index contributed by atoms with van der Waals surface area (Å²) in [4.78, 5) is 22.1. The molecule has 5 nitrogen and oxygen atoms in total. The largest absolute Gasteiger partial charge is 0.480 e. The van der Waals surface area contributed by atoms with Gasteiger partial charge in [-0.25, -0.2) is 4.79 Å². The van der Waals surface area contributed by atoms with Gasteiger partial charge in [0.1, 0.15) is 6.04 Å². The van der Waals surface area contributed by atoms with Gasteiger partial charge in [-0.15, -0.1) is 0 Å². The normalized spacial score (nSPS) is 11.9. The SMILES string of the molecule is Cc1ccc(CCC(=O)N[C@@H](CO)C(=O)O)cc1. The zero-order chi connectivity index (χ0) is 13.5. The van der Waals surface area contributed by atoms with E-state index in [1.54, 1.807) is 0 Å². The number of hydrogen-bond acceptors (Lipinski definition) is 3. The molecule has 1 atom stereocenters. The molecule has 3 N–H and O–H groups in total. The van der Waals surface area contributed by atoms with Gasteiger partial charge in [0.15, 0.2) is 0 Å². The second-order valence-corrected chi connectivity index (χ2v) is 4.13. The van der Waals surface area contributed by atoms with Crippen molar-refractivity contribution in [2.75, 3.05) is 6.61 Å². The van der Waals surface area contributed by atoms with Crippen LogP contribution in [0.2, 0.25) is 0 Å². The van der Waals surface area contributed by atoms with E-state index in [2.05, 4.69) is 5.32 Å². The first kappa shape index (κ1) is 14.2. The minimum absolute atomic E-state index is 0.201. The fourth-order valence-corrected chi connectivity index (χ4v) is 1.46. The monoisotopic (exact) mass is 251 g/mol. The van der Waals surface area contributed by atoms with Crippen LogP contribution >= 0.6 is 0 Å². The molecular weight excluding hydrogens is 234 g/mol. The zero-order valence-corrected chi connectivity index (χ0v) is 10.2. The molecule has 0 radical (unpaired) electrons. The number of rotatable bonds is 6. The Kier molecular flexibility index (Phi) is 5.32. The number of aryl methyl sites for hydroxylation is 2. The third kappa shape index (κ3) is 4.55. The molecule has 0 spiro atoms. The summed E-state index contributed by atoms with van der Waals surface area (Å²) in [5.41, 5.74) is 2.17. The Morgan fingerprint density at radius 2 is 1.89 bits per heavy atom. The molecule has 98 valence electrons. The van der Waals surface area contributed by atoms with E-state index in [0.717, 1.165) is 11.1 Å². The highest BCUT2D eigenvalue weighted by Crippen LogP contribution is 2.05. The van der Waals surface area contributed by atoms with Gasteiger partial charge in [-0.3, -0.25) is 4.79 Å². The number of aliphatic carboxylic acids is 1. The van der Waals surface area contributed by atoms with Crippen LogP contribution in [0.15, 0.2) is 24.3 Å².